The lowest BCUT2D eigenvalue weighted by Crippen LogP contribution is -2.15. The second kappa shape index (κ2) is 9.43. The summed E-state index contributed by atoms with van der Waals surface area (Å²) in [6.07, 6.45) is 1.76. The molecule has 0 aliphatic heterocycles. The number of anilines is 1. The molecule has 0 atom stereocenters. The smallest absolute Gasteiger partial charge is 0.234 e. The van der Waals surface area contributed by atoms with Crippen molar-refractivity contribution in [3.05, 3.63) is 66.2 Å². The van der Waals surface area contributed by atoms with Crippen LogP contribution in [0.3, 0.4) is 0 Å². The van der Waals surface area contributed by atoms with E-state index in [9.17, 15) is 4.79 Å². The van der Waals surface area contributed by atoms with Crippen LogP contribution in [0.2, 0.25) is 5.02 Å². The third kappa shape index (κ3) is 4.74. The van der Waals surface area contributed by atoms with Gasteiger partial charge in [0, 0.05) is 12.1 Å². The van der Waals surface area contributed by atoms with Crippen molar-refractivity contribution < 1.29 is 9.53 Å². The average molecular weight is 415 g/mol. The Balaban J connectivity index is 1.75. The molecule has 0 unspecified atom stereocenters. The number of ether oxygens (including phenoxy) is 1. The topological polar surface area (TPSA) is 69.0 Å². The third-order valence-electron chi connectivity index (χ3n) is 3.84. The van der Waals surface area contributed by atoms with Crippen molar-refractivity contribution in [2.75, 3.05) is 18.2 Å². The predicted octanol–water partition coefficient (Wildman–Crippen LogP) is 4.52. The lowest BCUT2D eigenvalue weighted by atomic mass is 10.2. The lowest BCUT2D eigenvalue weighted by Gasteiger charge is -2.09. The van der Waals surface area contributed by atoms with E-state index in [1.807, 2.05) is 41.0 Å². The Labute approximate surface area is 172 Å². The second-order valence-electron chi connectivity index (χ2n) is 5.75. The van der Waals surface area contributed by atoms with Crippen LogP contribution in [0.1, 0.15) is 0 Å². The Kier molecular flexibility index (Phi) is 6.73. The number of para-hydroxylation sites is 1. The number of aromatic nitrogens is 3. The molecule has 1 aromatic heterocycles. The number of benzene rings is 2. The van der Waals surface area contributed by atoms with Crippen LogP contribution in [0.15, 0.2) is 66.3 Å². The summed E-state index contributed by atoms with van der Waals surface area (Å²) >= 11 is 7.38. The number of amides is 1. The molecule has 3 aromatic rings. The van der Waals surface area contributed by atoms with Crippen LogP contribution < -0.4 is 10.1 Å². The normalized spacial score (nSPS) is 10.5. The van der Waals surface area contributed by atoms with E-state index >= 15 is 0 Å². The number of carbonyl (C=O) groups is 1. The first-order valence-electron chi connectivity index (χ1n) is 8.48. The molecule has 1 N–H and O–H groups in total. The molecule has 0 bridgehead atoms. The molecule has 0 fully saturated rings. The zero-order valence-corrected chi connectivity index (χ0v) is 16.8. The van der Waals surface area contributed by atoms with Crippen LogP contribution in [0.25, 0.3) is 11.4 Å². The summed E-state index contributed by atoms with van der Waals surface area (Å²) in [5.41, 5.74) is 1.46. The minimum absolute atomic E-state index is 0.172. The van der Waals surface area contributed by atoms with E-state index in [-0.39, 0.29) is 11.7 Å². The second-order valence-corrected chi connectivity index (χ2v) is 7.10. The van der Waals surface area contributed by atoms with Gasteiger partial charge in [-0.3, -0.25) is 9.36 Å². The van der Waals surface area contributed by atoms with E-state index in [4.69, 9.17) is 16.3 Å². The van der Waals surface area contributed by atoms with E-state index in [2.05, 4.69) is 22.1 Å². The van der Waals surface area contributed by atoms with Crippen LogP contribution in [-0.2, 0) is 11.3 Å². The molecular weight excluding hydrogens is 396 g/mol. The molecule has 8 heteroatoms. The number of thioether (sulfide) groups is 1. The number of nitrogens with one attached hydrogen (secondary N) is 1. The fourth-order valence-electron chi connectivity index (χ4n) is 2.54. The fraction of sp³-hybridized carbons (Fsp3) is 0.150. The standard InChI is InChI=1S/C20H19ClN4O2S/c1-3-11-25-19(14-7-6-8-15(12-14)27-2)23-24-20(25)28-13-18(26)22-17-10-5-4-9-16(17)21/h3-10,12H,1,11,13H2,2H3,(H,22,26). The number of rotatable bonds is 8. The Morgan fingerprint density at radius 2 is 2.11 bits per heavy atom. The quantitative estimate of drug-likeness (QED) is 0.433. The minimum atomic E-state index is -0.172. The first-order chi connectivity index (χ1) is 13.6. The van der Waals surface area contributed by atoms with E-state index < -0.39 is 0 Å². The summed E-state index contributed by atoms with van der Waals surface area (Å²) in [5.74, 6) is 1.43. The van der Waals surface area contributed by atoms with E-state index in [0.717, 1.165) is 11.3 Å². The summed E-state index contributed by atoms with van der Waals surface area (Å²) < 4.78 is 7.19. The summed E-state index contributed by atoms with van der Waals surface area (Å²) in [7, 11) is 1.62. The number of nitrogens with zero attached hydrogens (tertiary/aromatic N) is 3. The van der Waals surface area contributed by atoms with Crippen molar-refractivity contribution in [1.29, 1.82) is 0 Å². The Morgan fingerprint density at radius 1 is 1.29 bits per heavy atom. The molecular formula is C20H19ClN4O2S. The molecule has 1 amide bonds. The molecule has 3 rings (SSSR count). The molecule has 28 heavy (non-hydrogen) atoms. The van der Waals surface area contributed by atoms with Gasteiger partial charge >= 0.3 is 0 Å². The van der Waals surface area contributed by atoms with Gasteiger partial charge in [-0.15, -0.1) is 16.8 Å². The first-order valence-corrected chi connectivity index (χ1v) is 9.84. The van der Waals surface area contributed by atoms with E-state index in [1.165, 1.54) is 11.8 Å². The Bertz CT molecular complexity index is 990. The van der Waals surface area contributed by atoms with Crippen LogP contribution in [-0.4, -0.2) is 33.5 Å². The maximum absolute atomic E-state index is 12.3. The van der Waals surface area contributed by atoms with Gasteiger partial charge in [0.05, 0.1) is 23.6 Å². The molecule has 2 aromatic carbocycles. The van der Waals surface area contributed by atoms with Crippen molar-refractivity contribution in [3.63, 3.8) is 0 Å². The largest absolute Gasteiger partial charge is 0.497 e. The SMILES string of the molecule is C=CCn1c(SCC(=O)Nc2ccccc2Cl)nnc1-c1cccc(OC)c1. The van der Waals surface area contributed by atoms with Gasteiger partial charge in [-0.05, 0) is 24.3 Å². The van der Waals surface area contributed by atoms with Gasteiger partial charge in [-0.1, -0.05) is 53.7 Å². The molecule has 0 spiro atoms. The van der Waals surface area contributed by atoms with Crippen LogP contribution in [0.4, 0.5) is 5.69 Å². The summed E-state index contributed by atoms with van der Waals surface area (Å²) in [6.45, 7) is 4.32. The molecule has 1 heterocycles. The van der Waals surface area contributed by atoms with E-state index in [0.29, 0.717) is 28.2 Å². The number of carbonyl (C=O) groups excluding carboxylic acids is 1. The Hall–Kier alpha value is -2.77. The number of halogens is 1. The molecule has 6 nitrogen and oxygen atoms in total. The zero-order valence-electron chi connectivity index (χ0n) is 15.3. The molecule has 0 aliphatic rings. The Morgan fingerprint density at radius 3 is 2.86 bits per heavy atom. The molecule has 0 saturated carbocycles. The van der Waals surface area contributed by atoms with Gasteiger partial charge in [-0.25, -0.2) is 0 Å². The maximum atomic E-state index is 12.3. The third-order valence-corrected chi connectivity index (χ3v) is 5.13. The molecule has 0 aliphatic carbocycles. The van der Waals surface area contributed by atoms with Crippen molar-refractivity contribution in [1.82, 2.24) is 14.8 Å². The van der Waals surface area contributed by atoms with E-state index in [1.54, 1.807) is 25.3 Å². The molecule has 144 valence electrons. The van der Waals surface area contributed by atoms with Gasteiger partial charge in [0.25, 0.3) is 0 Å². The van der Waals surface area contributed by atoms with Crippen molar-refractivity contribution in [2.45, 2.75) is 11.7 Å². The highest BCUT2D eigenvalue weighted by Gasteiger charge is 2.16. The molecule has 0 saturated heterocycles. The van der Waals surface area contributed by atoms with Crippen molar-refractivity contribution in [3.8, 4) is 17.1 Å². The highest BCUT2D eigenvalue weighted by Crippen LogP contribution is 2.27. The van der Waals surface area contributed by atoms with Crippen LogP contribution >= 0.6 is 23.4 Å². The summed E-state index contributed by atoms with van der Waals surface area (Å²) in [4.78, 5) is 12.3. The highest BCUT2D eigenvalue weighted by atomic mass is 35.5. The zero-order chi connectivity index (χ0) is 19.9. The number of hydrogen-bond donors (Lipinski definition) is 1. The number of methoxy groups -OCH3 is 1. The number of hydrogen-bond acceptors (Lipinski definition) is 5. The van der Waals surface area contributed by atoms with Gasteiger partial charge < -0.3 is 10.1 Å². The van der Waals surface area contributed by atoms with Gasteiger partial charge in [-0.2, -0.15) is 0 Å². The van der Waals surface area contributed by atoms with Crippen molar-refractivity contribution >= 4 is 35.0 Å². The van der Waals surface area contributed by atoms with Gasteiger partial charge in [0.2, 0.25) is 5.91 Å². The molecule has 0 radical (unpaired) electrons. The lowest BCUT2D eigenvalue weighted by molar-refractivity contribution is -0.113. The minimum Gasteiger partial charge on any atom is -0.497 e. The monoisotopic (exact) mass is 414 g/mol. The fourth-order valence-corrected chi connectivity index (χ4v) is 3.47. The number of allylic oxidation sites excluding steroid dienone is 1. The maximum Gasteiger partial charge on any atom is 0.234 e. The highest BCUT2D eigenvalue weighted by molar-refractivity contribution is 7.99. The van der Waals surface area contributed by atoms with Crippen LogP contribution in [0, 0.1) is 0 Å². The summed E-state index contributed by atoms with van der Waals surface area (Å²) in [5, 5.41) is 12.5. The van der Waals surface area contributed by atoms with Crippen LogP contribution in [0.5, 0.6) is 5.75 Å². The average Bonchev–Trinajstić information content (AvgIpc) is 3.11. The predicted molar refractivity (Wildman–Crippen MR) is 113 cm³/mol. The first kappa shape index (κ1) is 20.0. The summed E-state index contributed by atoms with van der Waals surface area (Å²) in [6, 6.07) is 14.7. The van der Waals surface area contributed by atoms with Gasteiger partial charge in [0.15, 0.2) is 11.0 Å². The van der Waals surface area contributed by atoms with Gasteiger partial charge in [0.1, 0.15) is 5.75 Å². The van der Waals surface area contributed by atoms with Crippen molar-refractivity contribution in [2.24, 2.45) is 0 Å².